The van der Waals surface area contributed by atoms with Gasteiger partial charge in [0.25, 0.3) is 0 Å². The van der Waals surface area contributed by atoms with Crippen molar-refractivity contribution < 1.29 is 32.3 Å². The lowest BCUT2D eigenvalue weighted by atomic mass is 10.1. The number of carbonyl (C=O) groups is 4. The highest BCUT2D eigenvalue weighted by atomic mass is 19.4. The van der Waals surface area contributed by atoms with Crippen LogP contribution in [0, 0.1) is 23.2 Å². The number of nitrogens with zero attached hydrogens (tertiary/aromatic N) is 4. The molecule has 1 aromatic rings. The number of nitriles is 1. The molecule has 34 heavy (non-hydrogen) atoms. The van der Waals surface area contributed by atoms with E-state index in [-0.39, 0.29) is 38.4 Å². The number of likely N-dealkylation sites (N-methyl/N-ethyl adjacent to an activating group) is 1. The molecule has 4 amide bonds. The second kappa shape index (κ2) is 10.1. The van der Waals surface area contributed by atoms with Gasteiger partial charge in [-0.15, -0.1) is 0 Å². The molecule has 2 aliphatic heterocycles. The van der Waals surface area contributed by atoms with Crippen molar-refractivity contribution in [1.82, 2.24) is 14.7 Å². The number of carbonyl (C=O) groups excluding carboxylic acids is 4. The number of benzene rings is 1. The van der Waals surface area contributed by atoms with Gasteiger partial charge < -0.3 is 20.0 Å². The largest absolute Gasteiger partial charge is 0.471 e. The van der Waals surface area contributed by atoms with Gasteiger partial charge in [0, 0.05) is 32.4 Å². The average molecular weight is 479 g/mol. The third-order valence-electron chi connectivity index (χ3n) is 6.00. The summed E-state index contributed by atoms with van der Waals surface area (Å²) in [5.74, 6) is -4.87. The van der Waals surface area contributed by atoms with Crippen LogP contribution in [0.1, 0.15) is 12.8 Å². The summed E-state index contributed by atoms with van der Waals surface area (Å²) in [6.45, 7) is -0.956. The summed E-state index contributed by atoms with van der Waals surface area (Å²) in [5, 5.41) is 12.2. The number of para-hydroxylation sites is 1. The summed E-state index contributed by atoms with van der Waals surface area (Å²) in [5.41, 5.74) is 0.589. The molecule has 0 aliphatic carbocycles. The molecule has 3 unspecified atom stereocenters. The van der Waals surface area contributed by atoms with Crippen molar-refractivity contribution in [2.24, 2.45) is 11.8 Å². The SMILES string of the molecule is CN(CC(=O)N1CC(C(=O)Nc2ccccc2)CC1C#N)C(=O)C1CCN(C(=O)C(F)(F)F)C1. The summed E-state index contributed by atoms with van der Waals surface area (Å²) < 4.78 is 37.9. The topological polar surface area (TPSA) is 114 Å². The Morgan fingerprint density at radius 3 is 2.44 bits per heavy atom. The molecule has 12 heteroatoms. The second-order valence-electron chi connectivity index (χ2n) is 8.41. The number of rotatable bonds is 5. The van der Waals surface area contributed by atoms with Crippen LogP contribution >= 0.6 is 0 Å². The van der Waals surface area contributed by atoms with Gasteiger partial charge in [-0.3, -0.25) is 19.2 Å². The molecule has 0 spiro atoms. The zero-order chi connectivity index (χ0) is 25.0. The summed E-state index contributed by atoms with van der Waals surface area (Å²) >= 11 is 0. The fraction of sp³-hybridized carbons (Fsp3) is 0.500. The second-order valence-corrected chi connectivity index (χ2v) is 8.41. The lowest BCUT2D eigenvalue weighted by molar-refractivity contribution is -0.184. The highest BCUT2D eigenvalue weighted by Gasteiger charge is 2.46. The predicted molar refractivity (Wildman–Crippen MR) is 113 cm³/mol. The van der Waals surface area contributed by atoms with Gasteiger partial charge in [0.15, 0.2) is 0 Å². The van der Waals surface area contributed by atoms with E-state index >= 15 is 0 Å². The Kier molecular flexibility index (Phi) is 7.44. The van der Waals surface area contributed by atoms with Crippen LogP contribution in [0.4, 0.5) is 18.9 Å². The summed E-state index contributed by atoms with van der Waals surface area (Å²) in [6.07, 6.45) is -4.80. The molecule has 3 rings (SSSR count). The molecule has 0 bridgehead atoms. The molecule has 3 atom stereocenters. The third-order valence-corrected chi connectivity index (χ3v) is 6.00. The van der Waals surface area contributed by atoms with Crippen molar-refractivity contribution in [3.63, 3.8) is 0 Å². The zero-order valence-electron chi connectivity index (χ0n) is 18.4. The summed E-state index contributed by atoms with van der Waals surface area (Å²) in [6, 6.07) is 9.90. The van der Waals surface area contributed by atoms with Gasteiger partial charge in [-0.1, -0.05) is 18.2 Å². The van der Waals surface area contributed by atoms with Crippen molar-refractivity contribution in [1.29, 1.82) is 5.26 Å². The van der Waals surface area contributed by atoms with Crippen LogP contribution in [-0.4, -0.2) is 83.8 Å². The first kappa shape index (κ1) is 25.0. The average Bonchev–Trinajstić information content (AvgIpc) is 3.45. The van der Waals surface area contributed by atoms with Crippen LogP contribution in [-0.2, 0) is 19.2 Å². The Bertz CT molecular complexity index is 994. The van der Waals surface area contributed by atoms with E-state index in [1.807, 2.05) is 6.07 Å². The molecule has 182 valence electrons. The van der Waals surface area contributed by atoms with Crippen molar-refractivity contribution >= 4 is 29.3 Å². The van der Waals surface area contributed by atoms with Crippen LogP contribution < -0.4 is 5.32 Å². The van der Waals surface area contributed by atoms with Crippen molar-refractivity contribution in [3.8, 4) is 6.07 Å². The molecule has 2 saturated heterocycles. The fourth-order valence-corrected chi connectivity index (χ4v) is 4.20. The van der Waals surface area contributed by atoms with Crippen LogP contribution in [0.3, 0.4) is 0 Å². The maximum absolute atomic E-state index is 12.8. The van der Waals surface area contributed by atoms with Gasteiger partial charge in [-0.05, 0) is 25.0 Å². The van der Waals surface area contributed by atoms with E-state index in [9.17, 15) is 37.6 Å². The number of alkyl halides is 3. The van der Waals surface area contributed by atoms with E-state index in [1.165, 1.54) is 11.9 Å². The molecule has 0 aromatic heterocycles. The minimum Gasteiger partial charge on any atom is -0.336 e. The van der Waals surface area contributed by atoms with E-state index < -0.39 is 48.3 Å². The molecular formula is C22H24F3N5O4. The Morgan fingerprint density at radius 2 is 1.82 bits per heavy atom. The number of hydrogen-bond acceptors (Lipinski definition) is 5. The van der Waals surface area contributed by atoms with Gasteiger partial charge in [0.1, 0.15) is 6.04 Å². The van der Waals surface area contributed by atoms with E-state index in [1.54, 1.807) is 30.3 Å². The zero-order valence-corrected chi connectivity index (χ0v) is 18.4. The highest BCUT2D eigenvalue weighted by Crippen LogP contribution is 2.27. The van der Waals surface area contributed by atoms with Crippen molar-refractivity contribution in [2.75, 3.05) is 38.5 Å². The number of anilines is 1. The maximum atomic E-state index is 12.8. The van der Waals surface area contributed by atoms with Crippen molar-refractivity contribution in [3.05, 3.63) is 30.3 Å². The first-order valence-corrected chi connectivity index (χ1v) is 10.7. The maximum Gasteiger partial charge on any atom is 0.471 e. The van der Waals surface area contributed by atoms with Crippen LogP contribution in [0.5, 0.6) is 0 Å². The standard InChI is InChI=1S/C22H24F3N5O4/c1-28(20(33)14-7-8-29(11-14)21(34)22(23,24)25)13-18(31)30-12-15(9-17(30)10-26)19(32)27-16-5-3-2-4-6-16/h2-6,14-15,17H,7-9,11-13H2,1H3,(H,27,32). The molecule has 1 aromatic carbocycles. The first-order chi connectivity index (χ1) is 16.0. The Morgan fingerprint density at radius 1 is 1.15 bits per heavy atom. The van der Waals surface area contributed by atoms with Crippen LogP contribution in [0.2, 0.25) is 0 Å². The lowest BCUT2D eigenvalue weighted by Gasteiger charge is -2.25. The number of likely N-dealkylation sites (tertiary alicyclic amines) is 2. The Balaban J connectivity index is 1.55. The number of amides is 4. The minimum absolute atomic E-state index is 0.00898. The molecule has 2 aliphatic rings. The fourth-order valence-electron chi connectivity index (χ4n) is 4.20. The van der Waals surface area contributed by atoms with Gasteiger partial charge in [-0.2, -0.15) is 18.4 Å². The van der Waals surface area contributed by atoms with E-state index in [0.29, 0.717) is 10.6 Å². The van der Waals surface area contributed by atoms with Crippen LogP contribution in [0.15, 0.2) is 30.3 Å². The summed E-state index contributed by atoms with van der Waals surface area (Å²) in [7, 11) is 1.34. The molecule has 2 heterocycles. The Hall–Kier alpha value is -3.62. The first-order valence-electron chi connectivity index (χ1n) is 10.7. The Labute approximate surface area is 194 Å². The summed E-state index contributed by atoms with van der Waals surface area (Å²) in [4.78, 5) is 52.3. The molecule has 2 fully saturated rings. The van der Waals surface area contributed by atoms with E-state index in [2.05, 4.69) is 5.32 Å². The van der Waals surface area contributed by atoms with Crippen molar-refractivity contribution in [2.45, 2.75) is 25.1 Å². The minimum atomic E-state index is -5.01. The third kappa shape index (κ3) is 5.65. The van der Waals surface area contributed by atoms with E-state index in [0.717, 1.165) is 4.90 Å². The monoisotopic (exact) mass is 479 g/mol. The number of halogens is 3. The van der Waals surface area contributed by atoms with Gasteiger partial charge in [0.05, 0.1) is 24.4 Å². The van der Waals surface area contributed by atoms with Gasteiger partial charge in [0.2, 0.25) is 17.7 Å². The molecular weight excluding hydrogens is 455 g/mol. The number of nitrogens with one attached hydrogen (secondary N) is 1. The smallest absolute Gasteiger partial charge is 0.336 e. The molecule has 0 saturated carbocycles. The molecule has 9 nitrogen and oxygen atoms in total. The van der Waals surface area contributed by atoms with Gasteiger partial charge in [-0.25, -0.2) is 0 Å². The molecule has 1 N–H and O–H groups in total. The predicted octanol–water partition coefficient (Wildman–Crippen LogP) is 1.23. The number of hydrogen-bond donors (Lipinski definition) is 1. The quantitative estimate of drug-likeness (QED) is 0.683. The molecule has 0 radical (unpaired) electrons. The van der Waals surface area contributed by atoms with Gasteiger partial charge >= 0.3 is 12.1 Å². The van der Waals surface area contributed by atoms with Crippen LogP contribution in [0.25, 0.3) is 0 Å². The lowest BCUT2D eigenvalue weighted by Crippen LogP contribution is -2.45. The van der Waals surface area contributed by atoms with E-state index in [4.69, 9.17) is 0 Å². The highest BCUT2D eigenvalue weighted by molar-refractivity contribution is 5.94. The normalized spacial score (nSPS) is 22.3.